The van der Waals surface area contributed by atoms with Gasteiger partial charge in [0.25, 0.3) is 0 Å². The number of nitrogens with one attached hydrogen (secondary N) is 1. The van der Waals surface area contributed by atoms with Gasteiger partial charge in [0, 0.05) is 12.6 Å². The van der Waals surface area contributed by atoms with Crippen molar-refractivity contribution < 1.29 is 8.42 Å². The Morgan fingerprint density at radius 3 is 2.79 bits per heavy atom. The van der Waals surface area contributed by atoms with Gasteiger partial charge in [0.2, 0.25) is 10.0 Å². The van der Waals surface area contributed by atoms with Crippen molar-refractivity contribution in [1.82, 2.24) is 9.62 Å². The molecule has 2 atom stereocenters. The van der Waals surface area contributed by atoms with E-state index in [1.54, 1.807) is 4.31 Å². The van der Waals surface area contributed by atoms with Gasteiger partial charge in [0.05, 0.1) is 5.75 Å². The first kappa shape index (κ1) is 10.4. The Hall–Kier alpha value is -0.130. The molecule has 5 heteroatoms. The highest BCUT2D eigenvalue weighted by Gasteiger charge is 2.36. The lowest BCUT2D eigenvalue weighted by atomic mass is 10.0. The van der Waals surface area contributed by atoms with Gasteiger partial charge in [-0.3, -0.25) is 0 Å². The number of hydrogen-bond donors (Lipinski definition) is 1. The summed E-state index contributed by atoms with van der Waals surface area (Å²) in [6, 6.07) is 0.178. The first-order valence-corrected chi connectivity index (χ1v) is 6.92. The molecule has 4 nitrogen and oxygen atoms in total. The van der Waals surface area contributed by atoms with E-state index in [9.17, 15) is 8.42 Å². The fourth-order valence-electron chi connectivity index (χ4n) is 2.44. The van der Waals surface area contributed by atoms with Crippen molar-refractivity contribution in [3.8, 4) is 0 Å². The quantitative estimate of drug-likeness (QED) is 0.711. The van der Waals surface area contributed by atoms with Crippen LogP contribution in [0.4, 0.5) is 0 Å². The maximum Gasteiger partial charge on any atom is 0.214 e. The molecule has 0 aromatic heterocycles. The number of nitrogens with zero attached hydrogens (tertiary/aromatic N) is 1. The molecule has 0 saturated carbocycles. The van der Waals surface area contributed by atoms with Crippen LogP contribution in [-0.4, -0.2) is 44.2 Å². The maximum atomic E-state index is 11.7. The third-order valence-electron chi connectivity index (χ3n) is 3.37. The fraction of sp³-hybridized carbons (Fsp3) is 1.00. The summed E-state index contributed by atoms with van der Waals surface area (Å²) in [4.78, 5) is 0. The Kier molecular flexibility index (Phi) is 2.81. The van der Waals surface area contributed by atoms with Crippen molar-refractivity contribution in [2.24, 2.45) is 5.92 Å². The predicted octanol–water partition coefficient (Wildman–Crippen LogP) is 0.0199. The second kappa shape index (κ2) is 3.79. The Bertz CT molecular complexity index is 296. The summed E-state index contributed by atoms with van der Waals surface area (Å²) >= 11 is 0. The van der Waals surface area contributed by atoms with Gasteiger partial charge in [0.15, 0.2) is 0 Å². The second-order valence-electron chi connectivity index (χ2n) is 4.27. The first-order valence-electron chi connectivity index (χ1n) is 5.31. The molecule has 2 heterocycles. The first-order chi connectivity index (χ1) is 6.61. The monoisotopic (exact) mass is 218 g/mol. The van der Waals surface area contributed by atoms with Gasteiger partial charge in [-0.2, -0.15) is 4.31 Å². The standard InChI is InChI=1S/C9H18N2O2S/c1-8(9-3-4-10-7-9)11-5-2-6-14(11,12)13/h8-10H,2-7H2,1H3. The summed E-state index contributed by atoms with van der Waals surface area (Å²) < 4.78 is 25.0. The molecule has 2 rings (SSSR count). The molecule has 0 spiro atoms. The lowest BCUT2D eigenvalue weighted by Crippen LogP contribution is -2.40. The van der Waals surface area contributed by atoms with E-state index in [-0.39, 0.29) is 6.04 Å². The minimum absolute atomic E-state index is 0.178. The largest absolute Gasteiger partial charge is 0.316 e. The summed E-state index contributed by atoms with van der Waals surface area (Å²) in [5.41, 5.74) is 0. The highest BCUT2D eigenvalue weighted by Crippen LogP contribution is 2.24. The summed E-state index contributed by atoms with van der Waals surface area (Å²) in [7, 11) is -2.92. The minimum Gasteiger partial charge on any atom is -0.316 e. The molecule has 2 aliphatic heterocycles. The summed E-state index contributed by atoms with van der Waals surface area (Å²) in [5, 5.41) is 3.28. The molecule has 0 amide bonds. The Morgan fingerprint density at radius 1 is 1.50 bits per heavy atom. The third kappa shape index (κ3) is 1.81. The Balaban J connectivity index is 2.07. The smallest absolute Gasteiger partial charge is 0.214 e. The van der Waals surface area contributed by atoms with Crippen LogP contribution < -0.4 is 5.32 Å². The molecule has 2 unspecified atom stereocenters. The molecule has 0 bridgehead atoms. The van der Waals surface area contributed by atoms with Crippen molar-refractivity contribution in [3.05, 3.63) is 0 Å². The zero-order chi connectivity index (χ0) is 10.2. The molecular weight excluding hydrogens is 200 g/mol. The molecule has 2 fully saturated rings. The predicted molar refractivity (Wildman–Crippen MR) is 55.5 cm³/mol. The molecule has 0 radical (unpaired) electrons. The van der Waals surface area contributed by atoms with Crippen LogP contribution in [0.15, 0.2) is 0 Å². The van der Waals surface area contributed by atoms with E-state index in [1.807, 2.05) is 6.92 Å². The van der Waals surface area contributed by atoms with E-state index in [1.165, 1.54) is 0 Å². The van der Waals surface area contributed by atoms with Gasteiger partial charge in [-0.25, -0.2) is 8.42 Å². The van der Waals surface area contributed by atoms with Crippen molar-refractivity contribution >= 4 is 10.0 Å². The van der Waals surface area contributed by atoms with Gasteiger partial charge < -0.3 is 5.32 Å². The Labute approximate surface area is 85.7 Å². The molecular formula is C9H18N2O2S. The molecule has 82 valence electrons. The van der Waals surface area contributed by atoms with Gasteiger partial charge in [-0.05, 0) is 38.8 Å². The molecule has 1 N–H and O–H groups in total. The minimum atomic E-state index is -2.92. The van der Waals surface area contributed by atoms with E-state index < -0.39 is 10.0 Å². The van der Waals surface area contributed by atoms with Gasteiger partial charge in [-0.15, -0.1) is 0 Å². The lowest BCUT2D eigenvalue weighted by molar-refractivity contribution is 0.279. The van der Waals surface area contributed by atoms with Crippen molar-refractivity contribution in [2.75, 3.05) is 25.4 Å². The van der Waals surface area contributed by atoms with Crippen LogP contribution in [0.5, 0.6) is 0 Å². The zero-order valence-corrected chi connectivity index (χ0v) is 9.39. The van der Waals surface area contributed by atoms with Crippen LogP contribution in [0.3, 0.4) is 0 Å². The normalized spacial score (nSPS) is 34.8. The van der Waals surface area contributed by atoms with E-state index in [0.717, 1.165) is 32.5 Å². The number of hydrogen-bond acceptors (Lipinski definition) is 3. The second-order valence-corrected chi connectivity index (χ2v) is 6.31. The zero-order valence-electron chi connectivity index (χ0n) is 8.57. The Morgan fingerprint density at radius 2 is 2.29 bits per heavy atom. The summed E-state index contributed by atoms with van der Waals surface area (Å²) in [6.07, 6.45) is 1.90. The van der Waals surface area contributed by atoms with E-state index in [0.29, 0.717) is 11.7 Å². The topological polar surface area (TPSA) is 49.4 Å². The summed E-state index contributed by atoms with van der Waals surface area (Å²) in [5.74, 6) is 0.847. The van der Waals surface area contributed by atoms with Gasteiger partial charge in [-0.1, -0.05) is 0 Å². The van der Waals surface area contributed by atoms with Crippen LogP contribution in [0, 0.1) is 5.92 Å². The molecule has 2 aliphatic rings. The SMILES string of the molecule is CC(C1CCNC1)N1CCCS1(=O)=O. The van der Waals surface area contributed by atoms with Crippen LogP contribution in [0.1, 0.15) is 19.8 Å². The van der Waals surface area contributed by atoms with Crippen LogP contribution in [0.25, 0.3) is 0 Å². The van der Waals surface area contributed by atoms with Crippen molar-refractivity contribution in [1.29, 1.82) is 0 Å². The van der Waals surface area contributed by atoms with Crippen LogP contribution >= 0.6 is 0 Å². The highest BCUT2D eigenvalue weighted by molar-refractivity contribution is 7.89. The van der Waals surface area contributed by atoms with E-state index >= 15 is 0 Å². The van der Waals surface area contributed by atoms with Gasteiger partial charge in [0.1, 0.15) is 0 Å². The summed E-state index contributed by atoms with van der Waals surface area (Å²) in [6.45, 7) is 4.76. The molecule has 2 saturated heterocycles. The van der Waals surface area contributed by atoms with Gasteiger partial charge >= 0.3 is 0 Å². The van der Waals surface area contributed by atoms with Crippen LogP contribution in [-0.2, 0) is 10.0 Å². The average molecular weight is 218 g/mol. The highest BCUT2D eigenvalue weighted by atomic mass is 32.2. The molecule has 0 aromatic carbocycles. The van der Waals surface area contributed by atoms with Crippen molar-refractivity contribution in [3.63, 3.8) is 0 Å². The van der Waals surface area contributed by atoms with Crippen LogP contribution in [0.2, 0.25) is 0 Å². The fourth-order valence-corrected chi connectivity index (χ4v) is 4.25. The van der Waals surface area contributed by atoms with Crippen molar-refractivity contribution in [2.45, 2.75) is 25.8 Å². The van der Waals surface area contributed by atoms with E-state index in [2.05, 4.69) is 5.32 Å². The maximum absolute atomic E-state index is 11.7. The molecule has 0 aliphatic carbocycles. The third-order valence-corrected chi connectivity index (χ3v) is 5.41. The molecule has 0 aromatic rings. The average Bonchev–Trinajstić information content (AvgIpc) is 2.71. The molecule has 14 heavy (non-hydrogen) atoms. The van der Waals surface area contributed by atoms with E-state index in [4.69, 9.17) is 0 Å². The number of sulfonamides is 1. The lowest BCUT2D eigenvalue weighted by Gasteiger charge is -2.27. The number of rotatable bonds is 2.